The van der Waals surface area contributed by atoms with Crippen LogP contribution in [0, 0.1) is 0 Å². The van der Waals surface area contributed by atoms with Crippen LogP contribution in [0.3, 0.4) is 0 Å². The van der Waals surface area contributed by atoms with E-state index in [9.17, 15) is 14.4 Å². The van der Waals surface area contributed by atoms with Crippen LogP contribution in [0.5, 0.6) is 11.5 Å². The fourth-order valence-corrected chi connectivity index (χ4v) is 2.31. The lowest BCUT2D eigenvalue weighted by Crippen LogP contribution is -2.30. The third-order valence-electron chi connectivity index (χ3n) is 3.60. The number of fused-ring (bicyclic) bond motifs is 1. The molecule has 1 aliphatic rings. The largest absolute Gasteiger partial charge is 0.466 e. The molecule has 1 N–H and O–H groups in total. The zero-order chi connectivity index (χ0) is 18.8. The van der Waals surface area contributed by atoms with Crippen molar-refractivity contribution in [1.82, 2.24) is 5.32 Å². The molecule has 2 rings (SSSR count). The Morgan fingerprint density at radius 1 is 1.08 bits per heavy atom. The predicted molar refractivity (Wildman–Crippen MR) is 90.7 cm³/mol. The molecular formula is C18H23NO7. The van der Waals surface area contributed by atoms with E-state index in [1.807, 2.05) is 12.1 Å². The summed E-state index contributed by atoms with van der Waals surface area (Å²) in [5.41, 5.74) is 0.926. The molecule has 26 heavy (non-hydrogen) atoms. The number of carbonyl (C=O) groups is 3. The molecule has 0 spiro atoms. The number of ether oxygens (including phenoxy) is 4. The highest BCUT2D eigenvalue weighted by Gasteiger charge is 2.14. The molecule has 0 atom stereocenters. The van der Waals surface area contributed by atoms with Crippen molar-refractivity contribution in [2.45, 2.75) is 32.6 Å². The number of aryl methyl sites for hydroxylation is 1. The quantitative estimate of drug-likeness (QED) is 0.493. The van der Waals surface area contributed by atoms with Crippen LogP contribution in [-0.2, 0) is 30.3 Å². The second-order valence-electron chi connectivity index (χ2n) is 5.61. The van der Waals surface area contributed by atoms with Crippen molar-refractivity contribution in [2.24, 2.45) is 0 Å². The summed E-state index contributed by atoms with van der Waals surface area (Å²) in [6.07, 6.45) is 1.36. The number of benzene rings is 1. The number of rotatable bonds is 10. The maximum absolute atomic E-state index is 11.7. The van der Waals surface area contributed by atoms with Gasteiger partial charge in [0.05, 0.1) is 6.61 Å². The monoisotopic (exact) mass is 365 g/mol. The lowest BCUT2D eigenvalue weighted by Gasteiger charge is -2.07. The van der Waals surface area contributed by atoms with Gasteiger partial charge in [-0.1, -0.05) is 6.07 Å². The first kappa shape index (κ1) is 19.6. The van der Waals surface area contributed by atoms with Crippen LogP contribution >= 0.6 is 0 Å². The molecule has 0 bridgehead atoms. The van der Waals surface area contributed by atoms with E-state index >= 15 is 0 Å². The minimum atomic E-state index is -0.454. The maximum atomic E-state index is 11.7. The third kappa shape index (κ3) is 6.62. The zero-order valence-corrected chi connectivity index (χ0v) is 14.7. The molecule has 1 aromatic rings. The average molecular weight is 365 g/mol. The predicted octanol–water partition coefficient (Wildman–Crippen LogP) is 1.35. The Labute approximate surface area is 151 Å². The number of carbonyl (C=O) groups excluding carboxylic acids is 3. The Bertz CT molecular complexity index is 644. The number of hydrogen-bond acceptors (Lipinski definition) is 7. The van der Waals surface area contributed by atoms with Crippen molar-refractivity contribution in [3.8, 4) is 11.5 Å². The summed E-state index contributed by atoms with van der Waals surface area (Å²) < 4.78 is 20.2. The van der Waals surface area contributed by atoms with Gasteiger partial charge in [0, 0.05) is 19.4 Å². The van der Waals surface area contributed by atoms with Crippen molar-refractivity contribution in [3.05, 3.63) is 23.8 Å². The SMILES string of the molecule is CCOC(=O)CCCNC(=O)COC(=O)CCc1ccc2c(c1)OCO2. The van der Waals surface area contributed by atoms with Crippen molar-refractivity contribution < 1.29 is 33.3 Å². The van der Waals surface area contributed by atoms with Crippen molar-refractivity contribution in [1.29, 1.82) is 0 Å². The fraction of sp³-hybridized carbons (Fsp3) is 0.500. The highest BCUT2D eigenvalue weighted by molar-refractivity contribution is 5.80. The van der Waals surface area contributed by atoms with Gasteiger partial charge in [0.2, 0.25) is 6.79 Å². The van der Waals surface area contributed by atoms with Gasteiger partial charge >= 0.3 is 11.9 Å². The van der Waals surface area contributed by atoms with Crippen LogP contribution in [0.15, 0.2) is 18.2 Å². The average Bonchev–Trinajstić information content (AvgIpc) is 3.10. The summed E-state index contributed by atoms with van der Waals surface area (Å²) in [7, 11) is 0. The highest BCUT2D eigenvalue weighted by Crippen LogP contribution is 2.32. The summed E-state index contributed by atoms with van der Waals surface area (Å²) in [6.45, 7) is 2.27. The minimum absolute atomic E-state index is 0.162. The van der Waals surface area contributed by atoms with Gasteiger partial charge in [-0.15, -0.1) is 0 Å². The summed E-state index contributed by atoms with van der Waals surface area (Å²) in [6, 6.07) is 5.48. The van der Waals surface area contributed by atoms with Crippen LogP contribution in [0.1, 0.15) is 31.7 Å². The minimum Gasteiger partial charge on any atom is -0.466 e. The Balaban J connectivity index is 1.56. The molecule has 0 saturated heterocycles. The van der Waals surface area contributed by atoms with Crippen LogP contribution in [0.4, 0.5) is 0 Å². The second kappa shape index (κ2) is 10.3. The maximum Gasteiger partial charge on any atom is 0.306 e. The van der Waals surface area contributed by atoms with E-state index in [0.29, 0.717) is 37.5 Å². The van der Waals surface area contributed by atoms with E-state index in [4.69, 9.17) is 18.9 Å². The smallest absolute Gasteiger partial charge is 0.306 e. The molecule has 0 aliphatic carbocycles. The van der Waals surface area contributed by atoms with Crippen molar-refractivity contribution >= 4 is 17.8 Å². The normalized spacial score (nSPS) is 11.7. The molecule has 1 aromatic carbocycles. The number of esters is 2. The molecule has 0 unspecified atom stereocenters. The zero-order valence-electron chi connectivity index (χ0n) is 14.7. The van der Waals surface area contributed by atoms with Crippen LogP contribution in [0.2, 0.25) is 0 Å². The first-order chi connectivity index (χ1) is 12.6. The van der Waals surface area contributed by atoms with E-state index in [1.165, 1.54) is 0 Å². The summed E-state index contributed by atoms with van der Waals surface area (Å²) >= 11 is 0. The molecule has 8 heteroatoms. The highest BCUT2D eigenvalue weighted by atomic mass is 16.7. The Morgan fingerprint density at radius 2 is 1.85 bits per heavy atom. The van der Waals surface area contributed by atoms with Gasteiger partial charge in [-0.2, -0.15) is 0 Å². The molecule has 0 saturated carbocycles. The van der Waals surface area contributed by atoms with Gasteiger partial charge in [-0.3, -0.25) is 14.4 Å². The molecule has 0 aromatic heterocycles. The summed E-state index contributed by atoms with van der Waals surface area (Å²) in [5, 5.41) is 2.58. The van der Waals surface area contributed by atoms with Gasteiger partial charge in [-0.05, 0) is 37.5 Å². The molecule has 0 radical (unpaired) electrons. The number of nitrogens with one attached hydrogen (secondary N) is 1. The topological polar surface area (TPSA) is 100 Å². The second-order valence-corrected chi connectivity index (χ2v) is 5.61. The Morgan fingerprint density at radius 3 is 2.65 bits per heavy atom. The van der Waals surface area contributed by atoms with Crippen LogP contribution < -0.4 is 14.8 Å². The molecule has 1 heterocycles. The van der Waals surface area contributed by atoms with Crippen molar-refractivity contribution in [3.63, 3.8) is 0 Å². The molecule has 8 nitrogen and oxygen atoms in total. The molecule has 142 valence electrons. The third-order valence-corrected chi connectivity index (χ3v) is 3.60. The first-order valence-electron chi connectivity index (χ1n) is 8.55. The molecular weight excluding hydrogens is 342 g/mol. The lowest BCUT2D eigenvalue weighted by molar-refractivity contribution is -0.148. The van der Waals surface area contributed by atoms with E-state index in [-0.39, 0.29) is 32.2 Å². The van der Waals surface area contributed by atoms with E-state index in [0.717, 1.165) is 5.56 Å². The van der Waals surface area contributed by atoms with Gasteiger partial charge in [0.15, 0.2) is 18.1 Å². The number of hydrogen-bond donors (Lipinski definition) is 1. The van der Waals surface area contributed by atoms with Gasteiger partial charge in [0.25, 0.3) is 5.91 Å². The molecule has 1 amide bonds. The Kier molecular flexibility index (Phi) is 7.73. The standard InChI is InChI=1S/C18H23NO7/c1-2-23-17(21)4-3-9-19-16(20)11-24-18(22)8-6-13-5-7-14-15(10-13)26-12-25-14/h5,7,10H,2-4,6,8-9,11-12H2,1H3,(H,19,20). The lowest BCUT2D eigenvalue weighted by atomic mass is 10.1. The molecule has 1 aliphatic heterocycles. The van der Waals surface area contributed by atoms with E-state index in [2.05, 4.69) is 5.32 Å². The fourth-order valence-electron chi connectivity index (χ4n) is 2.31. The van der Waals surface area contributed by atoms with Crippen LogP contribution in [-0.4, -0.2) is 44.4 Å². The van der Waals surface area contributed by atoms with Gasteiger partial charge in [0.1, 0.15) is 0 Å². The summed E-state index contributed by atoms with van der Waals surface area (Å²) in [4.78, 5) is 34.4. The van der Waals surface area contributed by atoms with E-state index < -0.39 is 11.9 Å². The van der Waals surface area contributed by atoms with Gasteiger partial charge in [-0.25, -0.2) is 0 Å². The first-order valence-corrected chi connectivity index (χ1v) is 8.55. The summed E-state index contributed by atoms with van der Waals surface area (Å²) in [5.74, 6) is 0.209. The van der Waals surface area contributed by atoms with Crippen LogP contribution in [0.25, 0.3) is 0 Å². The van der Waals surface area contributed by atoms with Crippen molar-refractivity contribution in [2.75, 3.05) is 26.6 Å². The number of amides is 1. The Hall–Kier alpha value is -2.77. The van der Waals surface area contributed by atoms with Gasteiger partial charge < -0.3 is 24.3 Å². The van der Waals surface area contributed by atoms with E-state index in [1.54, 1.807) is 13.0 Å². The molecule has 0 fully saturated rings.